The number of aromatic nitrogens is 2. The lowest BCUT2D eigenvalue weighted by Crippen LogP contribution is -2.07. The second-order valence-electron chi connectivity index (χ2n) is 3.24. The fourth-order valence-electron chi connectivity index (χ4n) is 1.19. The number of nitrogens with zero attached hydrogens (tertiary/aromatic N) is 2. The molecule has 18 heavy (non-hydrogen) atoms. The molecule has 0 unspecified atom stereocenters. The highest BCUT2D eigenvalue weighted by Crippen LogP contribution is 2.20. The molecule has 0 aromatic carbocycles. The van der Waals surface area contributed by atoms with Crippen LogP contribution in [0.25, 0.3) is 0 Å². The molecular weight excluding hydrogens is 297 g/mol. The van der Waals surface area contributed by atoms with E-state index in [0.29, 0.717) is 0 Å². The lowest BCUT2D eigenvalue weighted by molar-refractivity contribution is 0.00803. The Bertz CT molecular complexity index is 492. The number of hydrogen-bond acceptors (Lipinski definition) is 4. The maximum atomic E-state index is 12.1. The minimum Gasteiger partial charge on any atom is -0.369 e. The van der Waals surface area contributed by atoms with Gasteiger partial charge >= 0.3 is 0 Å². The van der Waals surface area contributed by atoms with Gasteiger partial charge in [-0.3, -0.25) is 4.68 Å². The quantitative estimate of drug-likeness (QED) is 0.717. The van der Waals surface area contributed by atoms with Crippen molar-refractivity contribution >= 4 is 19.7 Å². The van der Waals surface area contributed by atoms with Gasteiger partial charge in [0.05, 0.1) is 13.2 Å². The third kappa shape index (κ3) is 4.46. The fraction of sp³-hybridized carbons (Fsp3) is 0.625. The van der Waals surface area contributed by atoms with Crippen LogP contribution >= 0.6 is 10.7 Å². The van der Waals surface area contributed by atoms with Gasteiger partial charge in [-0.05, 0) is 0 Å². The van der Waals surface area contributed by atoms with Crippen LogP contribution in [0.5, 0.6) is 0 Å². The smallest absolute Gasteiger partial charge is 0.264 e. The second kappa shape index (κ2) is 6.39. The van der Waals surface area contributed by atoms with Gasteiger partial charge in [0.15, 0.2) is 0 Å². The van der Waals surface area contributed by atoms with Crippen LogP contribution in [0, 0.1) is 0 Å². The number of halogens is 4. The first kappa shape index (κ1) is 15.3. The van der Waals surface area contributed by atoms with Gasteiger partial charge in [-0.25, -0.2) is 21.6 Å². The molecule has 0 fully saturated rings. The SMILES string of the molecule is O=S(=O)(Cl)c1cn(CCF)nc1COCC(F)F. The van der Waals surface area contributed by atoms with Crippen molar-refractivity contribution in [1.29, 1.82) is 0 Å². The first-order chi connectivity index (χ1) is 8.34. The van der Waals surface area contributed by atoms with Crippen molar-refractivity contribution in [2.45, 2.75) is 24.5 Å². The van der Waals surface area contributed by atoms with E-state index in [1.165, 1.54) is 0 Å². The van der Waals surface area contributed by atoms with Gasteiger partial charge in [0.1, 0.15) is 23.9 Å². The number of alkyl halides is 3. The minimum atomic E-state index is -4.08. The van der Waals surface area contributed by atoms with Gasteiger partial charge in [0.2, 0.25) is 0 Å². The summed E-state index contributed by atoms with van der Waals surface area (Å²) in [5.74, 6) is 0. The van der Waals surface area contributed by atoms with Gasteiger partial charge in [-0.15, -0.1) is 0 Å². The van der Waals surface area contributed by atoms with Crippen LogP contribution in [0.4, 0.5) is 13.2 Å². The van der Waals surface area contributed by atoms with Crippen LogP contribution in [0.1, 0.15) is 5.69 Å². The Labute approximate surface area is 106 Å². The Morgan fingerprint density at radius 2 is 2.17 bits per heavy atom. The summed E-state index contributed by atoms with van der Waals surface area (Å²) in [5.41, 5.74) is -0.126. The first-order valence-corrected chi connectivity index (χ1v) is 7.08. The molecule has 5 nitrogen and oxygen atoms in total. The number of ether oxygens (including phenoxy) is 1. The van der Waals surface area contributed by atoms with E-state index in [-0.39, 0.29) is 17.1 Å². The largest absolute Gasteiger partial charge is 0.369 e. The molecule has 10 heteroatoms. The van der Waals surface area contributed by atoms with Crippen molar-refractivity contribution in [2.24, 2.45) is 0 Å². The fourth-order valence-corrected chi connectivity index (χ4v) is 2.21. The van der Waals surface area contributed by atoms with Crippen LogP contribution in [0.2, 0.25) is 0 Å². The molecule has 0 bridgehead atoms. The van der Waals surface area contributed by atoms with E-state index in [4.69, 9.17) is 10.7 Å². The van der Waals surface area contributed by atoms with Crippen molar-refractivity contribution in [2.75, 3.05) is 13.3 Å². The molecule has 0 saturated carbocycles. The lowest BCUT2D eigenvalue weighted by atomic mass is 10.4. The Kier molecular flexibility index (Phi) is 5.42. The Hall–Kier alpha value is -0.800. The van der Waals surface area contributed by atoms with Crippen molar-refractivity contribution in [1.82, 2.24) is 9.78 Å². The predicted molar refractivity (Wildman–Crippen MR) is 56.9 cm³/mol. The molecule has 0 saturated heterocycles. The number of aryl methyl sites for hydroxylation is 1. The van der Waals surface area contributed by atoms with Crippen molar-refractivity contribution in [3.8, 4) is 0 Å². The topological polar surface area (TPSA) is 61.2 Å². The summed E-state index contributed by atoms with van der Waals surface area (Å²) >= 11 is 0. The van der Waals surface area contributed by atoms with Crippen LogP contribution < -0.4 is 0 Å². The van der Waals surface area contributed by atoms with Crippen molar-refractivity contribution in [3.05, 3.63) is 11.9 Å². The van der Waals surface area contributed by atoms with Crippen LogP contribution in [0.3, 0.4) is 0 Å². The zero-order valence-corrected chi connectivity index (χ0v) is 10.6. The average Bonchev–Trinajstić information content (AvgIpc) is 2.61. The van der Waals surface area contributed by atoms with E-state index in [2.05, 4.69) is 9.84 Å². The zero-order chi connectivity index (χ0) is 13.8. The van der Waals surface area contributed by atoms with E-state index in [9.17, 15) is 21.6 Å². The number of rotatable bonds is 7. The Morgan fingerprint density at radius 1 is 1.50 bits per heavy atom. The molecule has 0 N–H and O–H groups in total. The summed E-state index contributed by atoms with van der Waals surface area (Å²) in [6.45, 7) is -2.20. The molecule has 104 valence electrons. The standard InChI is InChI=1S/C8H10ClF3N2O3S/c9-18(15,16)7-3-14(2-1-10)13-6(7)4-17-5-8(11)12/h3,8H,1-2,4-5H2. The normalized spacial score (nSPS) is 12.3. The zero-order valence-electron chi connectivity index (χ0n) is 9.02. The summed E-state index contributed by atoms with van der Waals surface area (Å²) < 4.78 is 63.8. The van der Waals surface area contributed by atoms with Crippen LogP contribution in [-0.4, -0.2) is 37.9 Å². The van der Waals surface area contributed by atoms with Gasteiger partial charge in [0, 0.05) is 16.9 Å². The molecule has 1 heterocycles. The van der Waals surface area contributed by atoms with E-state index in [1.807, 2.05) is 0 Å². The predicted octanol–water partition coefficient (Wildman–Crippen LogP) is 1.56. The van der Waals surface area contributed by atoms with Gasteiger partial charge in [-0.1, -0.05) is 0 Å². The highest BCUT2D eigenvalue weighted by molar-refractivity contribution is 8.13. The summed E-state index contributed by atoms with van der Waals surface area (Å²) in [6.07, 6.45) is -1.64. The second-order valence-corrected chi connectivity index (χ2v) is 5.77. The number of hydrogen-bond donors (Lipinski definition) is 0. The highest BCUT2D eigenvalue weighted by atomic mass is 35.7. The van der Waals surface area contributed by atoms with E-state index < -0.39 is 35.4 Å². The summed E-state index contributed by atoms with van der Waals surface area (Å²) in [7, 11) is 1.06. The van der Waals surface area contributed by atoms with Gasteiger partial charge < -0.3 is 4.74 Å². The van der Waals surface area contributed by atoms with E-state index >= 15 is 0 Å². The van der Waals surface area contributed by atoms with Crippen LogP contribution in [-0.2, 0) is 26.9 Å². The van der Waals surface area contributed by atoms with Crippen molar-refractivity contribution in [3.63, 3.8) is 0 Å². The average molecular weight is 307 g/mol. The maximum Gasteiger partial charge on any atom is 0.264 e. The lowest BCUT2D eigenvalue weighted by Gasteiger charge is -2.01. The molecule has 0 aliphatic heterocycles. The monoisotopic (exact) mass is 306 g/mol. The van der Waals surface area contributed by atoms with E-state index in [0.717, 1.165) is 10.9 Å². The maximum absolute atomic E-state index is 12.1. The summed E-state index contributed by atoms with van der Waals surface area (Å²) in [6, 6.07) is 0. The molecular formula is C8H10ClF3N2O3S. The van der Waals surface area contributed by atoms with Crippen molar-refractivity contribution < 1.29 is 26.3 Å². The Morgan fingerprint density at radius 3 is 2.67 bits per heavy atom. The first-order valence-electron chi connectivity index (χ1n) is 4.77. The van der Waals surface area contributed by atoms with Gasteiger partial charge in [-0.2, -0.15) is 5.10 Å². The molecule has 0 amide bonds. The van der Waals surface area contributed by atoms with Crippen LogP contribution in [0.15, 0.2) is 11.1 Å². The molecule has 0 atom stereocenters. The molecule has 0 radical (unpaired) electrons. The molecule has 0 aliphatic rings. The molecule has 0 aliphatic carbocycles. The highest BCUT2D eigenvalue weighted by Gasteiger charge is 2.20. The third-order valence-corrected chi connectivity index (χ3v) is 3.22. The molecule has 1 aromatic heterocycles. The van der Waals surface area contributed by atoms with E-state index in [1.54, 1.807) is 0 Å². The molecule has 1 aromatic rings. The molecule has 0 spiro atoms. The van der Waals surface area contributed by atoms with Gasteiger partial charge in [0.25, 0.3) is 15.5 Å². The molecule has 1 rings (SSSR count). The summed E-state index contributed by atoms with van der Waals surface area (Å²) in [4.78, 5) is -0.369. The summed E-state index contributed by atoms with van der Waals surface area (Å²) in [5, 5.41) is 3.71. The Balaban J connectivity index is 2.87. The minimum absolute atomic E-state index is 0.126. The third-order valence-electron chi connectivity index (χ3n) is 1.86.